The van der Waals surface area contributed by atoms with Gasteiger partial charge in [-0.3, -0.25) is 0 Å². The first-order chi connectivity index (χ1) is 10.2. The van der Waals surface area contributed by atoms with Crippen LogP contribution in [0.15, 0.2) is 0 Å². The number of hydrogen-bond donors (Lipinski definition) is 1. The van der Waals surface area contributed by atoms with Crippen molar-refractivity contribution in [2.75, 3.05) is 52.1 Å². The van der Waals surface area contributed by atoms with Crippen LogP contribution in [0.4, 0.5) is 0 Å². The fraction of sp³-hybridized carbons (Fsp3) is 1.00. The zero-order valence-electron chi connectivity index (χ0n) is 14.1. The van der Waals surface area contributed by atoms with Gasteiger partial charge in [-0.15, -0.1) is 11.6 Å². The Kier molecular flexibility index (Phi) is 15.1. The number of rotatable bonds is 16. The van der Waals surface area contributed by atoms with Crippen LogP contribution in [0.1, 0.15) is 46.5 Å². The van der Waals surface area contributed by atoms with Gasteiger partial charge in [-0.05, 0) is 19.3 Å². The van der Waals surface area contributed by atoms with Crippen molar-refractivity contribution < 1.29 is 14.2 Å². The van der Waals surface area contributed by atoms with E-state index in [2.05, 4.69) is 26.1 Å². The highest BCUT2D eigenvalue weighted by atomic mass is 35.5. The van der Waals surface area contributed by atoms with Crippen molar-refractivity contribution in [2.45, 2.75) is 52.0 Å². The molecular formula is C16H34ClNO3. The third kappa shape index (κ3) is 11.4. The molecule has 128 valence electrons. The molecule has 0 unspecified atom stereocenters. The minimum absolute atomic E-state index is 0.0528. The van der Waals surface area contributed by atoms with Crippen molar-refractivity contribution in [1.29, 1.82) is 0 Å². The summed E-state index contributed by atoms with van der Waals surface area (Å²) < 4.78 is 16.4. The van der Waals surface area contributed by atoms with E-state index in [1.807, 2.05) is 0 Å². The summed E-state index contributed by atoms with van der Waals surface area (Å²) in [7, 11) is 0. The third-order valence-corrected chi connectivity index (χ3v) is 4.25. The molecule has 0 aliphatic carbocycles. The molecule has 0 bridgehead atoms. The summed E-state index contributed by atoms with van der Waals surface area (Å²) in [6.07, 6.45) is 4.36. The predicted molar refractivity (Wildman–Crippen MR) is 89.4 cm³/mol. The maximum absolute atomic E-state index is 6.03. The predicted octanol–water partition coefficient (Wildman–Crippen LogP) is 3.22. The number of ether oxygens (including phenoxy) is 3. The van der Waals surface area contributed by atoms with Gasteiger partial charge in [0.2, 0.25) is 0 Å². The van der Waals surface area contributed by atoms with E-state index < -0.39 is 0 Å². The molecule has 0 aliphatic heterocycles. The van der Waals surface area contributed by atoms with Crippen LogP contribution < -0.4 is 5.32 Å². The van der Waals surface area contributed by atoms with E-state index >= 15 is 0 Å². The summed E-state index contributed by atoms with van der Waals surface area (Å²) in [6.45, 7) is 11.4. The highest BCUT2D eigenvalue weighted by molar-refractivity contribution is 6.18. The minimum Gasteiger partial charge on any atom is -0.379 e. The zero-order chi connectivity index (χ0) is 15.8. The average molecular weight is 324 g/mol. The summed E-state index contributed by atoms with van der Waals surface area (Å²) in [6, 6.07) is 0. The molecule has 4 nitrogen and oxygen atoms in total. The smallest absolute Gasteiger partial charge is 0.0701 e. The van der Waals surface area contributed by atoms with E-state index in [1.54, 1.807) is 0 Å². The monoisotopic (exact) mass is 323 g/mol. The Hall–Kier alpha value is 0.130. The molecule has 21 heavy (non-hydrogen) atoms. The quantitative estimate of drug-likeness (QED) is 0.350. The molecule has 0 saturated carbocycles. The molecule has 0 saturated heterocycles. The van der Waals surface area contributed by atoms with Crippen LogP contribution in [0.5, 0.6) is 0 Å². The molecular weight excluding hydrogens is 290 g/mol. The summed E-state index contributed by atoms with van der Waals surface area (Å²) in [5, 5.41) is 3.50. The van der Waals surface area contributed by atoms with E-state index in [0.29, 0.717) is 38.9 Å². The second kappa shape index (κ2) is 15.0. The molecule has 1 N–H and O–H groups in total. The largest absolute Gasteiger partial charge is 0.379 e. The molecule has 0 radical (unpaired) electrons. The molecule has 0 aliphatic rings. The molecule has 0 heterocycles. The molecule has 0 fully saturated rings. The SMILES string of the molecule is CCCCOCCOCCOCCNC(CC)(CC)CCl. The fourth-order valence-electron chi connectivity index (χ4n) is 1.91. The van der Waals surface area contributed by atoms with Crippen molar-refractivity contribution in [3.8, 4) is 0 Å². The zero-order valence-corrected chi connectivity index (χ0v) is 14.8. The van der Waals surface area contributed by atoms with Gasteiger partial charge in [0.25, 0.3) is 0 Å². The van der Waals surface area contributed by atoms with Crippen LogP contribution in [-0.2, 0) is 14.2 Å². The normalized spacial score (nSPS) is 12.0. The van der Waals surface area contributed by atoms with Gasteiger partial charge in [0.1, 0.15) is 0 Å². The van der Waals surface area contributed by atoms with E-state index in [9.17, 15) is 0 Å². The number of alkyl halides is 1. The topological polar surface area (TPSA) is 39.7 Å². The van der Waals surface area contributed by atoms with Crippen LogP contribution in [0.3, 0.4) is 0 Å². The molecule has 0 atom stereocenters. The summed E-state index contributed by atoms with van der Waals surface area (Å²) in [4.78, 5) is 0. The van der Waals surface area contributed by atoms with Gasteiger partial charge < -0.3 is 19.5 Å². The lowest BCUT2D eigenvalue weighted by Crippen LogP contribution is -2.47. The second-order valence-electron chi connectivity index (χ2n) is 5.24. The molecule has 0 aromatic rings. The van der Waals surface area contributed by atoms with E-state index in [-0.39, 0.29) is 5.54 Å². The highest BCUT2D eigenvalue weighted by Gasteiger charge is 2.23. The Morgan fingerprint density at radius 1 is 0.810 bits per heavy atom. The number of unbranched alkanes of at least 4 members (excludes halogenated alkanes) is 1. The minimum atomic E-state index is 0.0528. The van der Waals surface area contributed by atoms with Crippen LogP contribution in [0.25, 0.3) is 0 Å². The first kappa shape index (κ1) is 21.1. The molecule has 0 rings (SSSR count). The Bertz CT molecular complexity index is 205. The van der Waals surface area contributed by atoms with Gasteiger partial charge in [-0.2, -0.15) is 0 Å². The van der Waals surface area contributed by atoms with Crippen molar-refractivity contribution >= 4 is 11.6 Å². The highest BCUT2D eigenvalue weighted by Crippen LogP contribution is 2.16. The standard InChI is InChI=1S/C16H34ClNO3/c1-4-7-9-19-11-13-21-14-12-20-10-8-18-16(5-2,6-3)15-17/h18H,4-15H2,1-3H3. The Morgan fingerprint density at radius 2 is 1.33 bits per heavy atom. The van der Waals surface area contributed by atoms with Crippen LogP contribution >= 0.6 is 11.6 Å². The van der Waals surface area contributed by atoms with Crippen LogP contribution in [-0.4, -0.2) is 57.6 Å². The van der Waals surface area contributed by atoms with E-state index in [4.69, 9.17) is 25.8 Å². The van der Waals surface area contributed by atoms with E-state index in [1.165, 1.54) is 6.42 Å². The lowest BCUT2D eigenvalue weighted by atomic mass is 9.95. The molecule has 5 heteroatoms. The van der Waals surface area contributed by atoms with Gasteiger partial charge in [0, 0.05) is 24.6 Å². The fourth-order valence-corrected chi connectivity index (χ4v) is 2.39. The van der Waals surface area contributed by atoms with Gasteiger partial charge in [0.15, 0.2) is 0 Å². The second-order valence-corrected chi connectivity index (χ2v) is 5.51. The lowest BCUT2D eigenvalue weighted by molar-refractivity contribution is 0.0138. The van der Waals surface area contributed by atoms with Gasteiger partial charge in [0.05, 0.1) is 33.0 Å². The van der Waals surface area contributed by atoms with Gasteiger partial charge >= 0.3 is 0 Å². The lowest BCUT2D eigenvalue weighted by Gasteiger charge is -2.30. The summed E-state index contributed by atoms with van der Waals surface area (Å²) in [5.74, 6) is 0.640. The maximum atomic E-state index is 6.03. The van der Waals surface area contributed by atoms with Crippen molar-refractivity contribution in [3.63, 3.8) is 0 Å². The third-order valence-electron chi connectivity index (χ3n) is 3.74. The number of hydrogen-bond acceptors (Lipinski definition) is 4. The molecule has 0 aromatic carbocycles. The first-order valence-electron chi connectivity index (χ1n) is 8.28. The van der Waals surface area contributed by atoms with Crippen molar-refractivity contribution in [3.05, 3.63) is 0 Å². The Balaban J connectivity index is 3.29. The van der Waals surface area contributed by atoms with Crippen molar-refractivity contribution in [1.82, 2.24) is 5.32 Å². The Morgan fingerprint density at radius 3 is 1.81 bits per heavy atom. The van der Waals surface area contributed by atoms with Crippen molar-refractivity contribution in [2.24, 2.45) is 0 Å². The van der Waals surface area contributed by atoms with Crippen LogP contribution in [0.2, 0.25) is 0 Å². The molecule has 0 amide bonds. The summed E-state index contributed by atoms with van der Waals surface area (Å²) in [5.41, 5.74) is 0.0528. The first-order valence-corrected chi connectivity index (χ1v) is 8.82. The van der Waals surface area contributed by atoms with E-state index in [0.717, 1.165) is 32.4 Å². The number of halogens is 1. The summed E-state index contributed by atoms with van der Waals surface area (Å²) >= 11 is 6.03. The number of nitrogens with one attached hydrogen (secondary N) is 1. The van der Waals surface area contributed by atoms with Gasteiger partial charge in [-0.1, -0.05) is 27.2 Å². The Labute approximate surface area is 135 Å². The van der Waals surface area contributed by atoms with Crippen LogP contribution in [0, 0.1) is 0 Å². The molecule has 0 aromatic heterocycles. The van der Waals surface area contributed by atoms with Gasteiger partial charge in [-0.25, -0.2) is 0 Å². The molecule has 0 spiro atoms. The maximum Gasteiger partial charge on any atom is 0.0701 e. The average Bonchev–Trinajstić information content (AvgIpc) is 2.53.